The highest BCUT2D eigenvalue weighted by Gasteiger charge is 2.26. The van der Waals surface area contributed by atoms with Gasteiger partial charge in [-0.1, -0.05) is 48.6 Å². The summed E-state index contributed by atoms with van der Waals surface area (Å²) in [6, 6.07) is 17.7. The lowest BCUT2D eigenvalue weighted by molar-refractivity contribution is 0.826. The third-order valence-corrected chi connectivity index (χ3v) is 7.31. The second kappa shape index (κ2) is 5.37. The highest BCUT2D eigenvalue weighted by atomic mass is 15.0. The van der Waals surface area contributed by atoms with Crippen LogP contribution in [0.5, 0.6) is 0 Å². The van der Waals surface area contributed by atoms with Crippen molar-refractivity contribution in [1.82, 2.24) is 13.7 Å². The Morgan fingerprint density at radius 3 is 1.80 bits per heavy atom. The largest absolute Gasteiger partial charge is 0.346 e. The molecule has 3 nitrogen and oxygen atoms in total. The van der Waals surface area contributed by atoms with E-state index in [1.807, 2.05) is 0 Å². The first kappa shape index (κ1) is 16.3. The Hall–Kier alpha value is -3.46. The molecule has 3 heterocycles. The Morgan fingerprint density at radius 1 is 0.633 bits per heavy atom. The minimum absolute atomic E-state index is 1.11. The van der Waals surface area contributed by atoms with Crippen molar-refractivity contribution in [2.24, 2.45) is 21.1 Å². The number of hydrogen-bond donors (Lipinski definition) is 0. The summed E-state index contributed by atoms with van der Waals surface area (Å²) >= 11 is 0. The monoisotopic (exact) mass is 389 g/mol. The van der Waals surface area contributed by atoms with Gasteiger partial charge in [0.1, 0.15) is 0 Å². The topological polar surface area (TPSA) is 14.8 Å². The predicted octanol–water partition coefficient (Wildman–Crippen LogP) is 6.43. The van der Waals surface area contributed by atoms with Crippen molar-refractivity contribution in [3.63, 3.8) is 0 Å². The lowest BCUT2D eigenvalue weighted by Gasteiger charge is -2.08. The van der Waals surface area contributed by atoms with Crippen LogP contribution in [0, 0.1) is 0 Å². The fourth-order valence-corrected chi connectivity index (χ4v) is 6.04. The van der Waals surface area contributed by atoms with Crippen molar-refractivity contribution in [3.8, 4) is 0 Å². The maximum Gasteiger partial charge on any atom is 0.0612 e. The maximum absolute atomic E-state index is 2.47. The number of allylic oxidation sites excluding steroid dienone is 1. The van der Waals surface area contributed by atoms with Crippen molar-refractivity contribution in [3.05, 3.63) is 65.9 Å². The van der Waals surface area contributed by atoms with Gasteiger partial charge in [-0.05, 0) is 25.0 Å². The van der Waals surface area contributed by atoms with Crippen molar-refractivity contribution in [2.75, 3.05) is 0 Å². The molecule has 0 aliphatic heterocycles. The molecular weight excluding hydrogens is 366 g/mol. The van der Waals surface area contributed by atoms with Crippen molar-refractivity contribution < 1.29 is 0 Å². The molecule has 0 atom stereocenters. The Labute approximate surface area is 174 Å². The summed E-state index contributed by atoms with van der Waals surface area (Å²) in [7, 11) is 6.71. The molecule has 0 saturated heterocycles. The molecule has 0 unspecified atom stereocenters. The van der Waals surface area contributed by atoms with E-state index in [-0.39, 0.29) is 0 Å². The lowest BCUT2D eigenvalue weighted by atomic mass is 9.98. The van der Waals surface area contributed by atoms with Crippen molar-refractivity contribution in [2.45, 2.75) is 12.8 Å². The van der Waals surface area contributed by atoms with Gasteiger partial charge in [0.2, 0.25) is 0 Å². The first-order valence-corrected chi connectivity index (χ1v) is 10.7. The van der Waals surface area contributed by atoms with Gasteiger partial charge in [-0.15, -0.1) is 0 Å². The Kier molecular flexibility index (Phi) is 2.92. The van der Waals surface area contributed by atoms with Gasteiger partial charge >= 0.3 is 0 Å². The van der Waals surface area contributed by atoms with Gasteiger partial charge in [0.05, 0.1) is 16.6 Å². The molecular formula is C27H23N3. The molecule has 1 aliphatic carbocycles. The molecule has 3 aromatic carbocycles. The summed E-state index contributed by atoms with van der Waals surface area (Å²) in [6.07, 6.45) is 6.92. The van der Waals surface area contributed by atoms with Gasteiger partial charge in [-0.25, -0.2) is 0 Å². The third-order valence-electron chi connectivity index (χ3n) is 7.31. The molecule has 0 spiro atoms. The van der Waals surface area contributed by atoms with Gasteiger partial charge in [-0.3, -0.25) is 0 Å². The van der Waals surface area contributed by atoms with Gasteiger partial charge in [0, 0.05) is 70.4 Å². The number of para-hydroxylation sites is 2. The van der Waals surface area contributed by atoms with Crippen LogP contribution in [-0.2, 0) is 27.6 Å². The van der Waals surface area contributed by atoms with Gasteiger partial charge in [0.25, 0.3) is 0 Å². The molecule has 1 aliphatic rings. The smallest absolute Gasteiger partial charge is 0.0612 e. The Bertz CT molecular complexity index is 1720. The Balaban J connectivity index is 1.97. The average molecular weight is 390 g/mol. The first-order chi connectivity index (χ1) is 14.7. The molecule has 146 valence electrons. The summed E-state index contributed by atoms with van der Waals surface area (Å²) in [6.45, 7) is 0. The summed E-state index contributed by atoms with van der Waals surface area (Å²) in [5.74, 6) is 0. The molecule has 6 aromatic rings. The molecule has 30 heavy (non-hydrogen) atoms. The third kappa shape index (κ3) is 1.70. The van der Waals surface area contributed by atoms with E-state index < -0.39 is 0 Å². The zero-order valence-electron chi connectivity index (χ0n) is 17.5. The van der Waals surface area contributed by atoms with Crippen LogP contribution < -0.4 is 0 Å². The van der Waals surface area contributed by atoms with E-state index in [1.165, 1.54) is 65.8 Å². The van der Waals surface area contributed by atoms with Crippen LogP contribution in [0.15, 0.2) is 54.6 Å². The molecule has 7 rings (SSSR count). The zero-order valence-corrected chi connectivity index (χ0v) is 17.5. The number of aromatic nitrogens is 3. The number of rotatable bonds is 0. The van der Waals surface area contributed by atoms with E-state index in [9.17, 15) is 0 Å². The van der Waals surface area contributed by atoms with Crippen LogP contribution in [0.4, 0.5) is 0 Å². The minimum atomic E-state index is 1.11. The molecule has 0 bridgehead atoms. The SMILES string of the molecule is Cn1c2c(c3c1c1c4ccccc4n(C)c1c1c4ccccc4n(C)c31)C=CCC2. The molecule has 0 amide bonds. The highest BCUT2D eigenvalue weighted by Crippen LogP contribution is 2.47. The number of hydrogen-bond acceptors (Lipinski definition) is 0. The average Bonchev–Trinajstić information content (AvgIpc) is 3.36. The molecule has 0 fully saturated rings. The Morgan fingerprint density at radius 2 is 1.17 bits per heavy atom. The number of benzene rings is 3. The fraction of sp³-hybridized carbons (Fsp3) is 0.185. The van der Waals surface area contributed by atoms with Gasteiger partial charge < -0.3 is 13.7 Å². The minimum Gasteiger partial charge on any atom is -0.346 e. The molecule has 0 saturated carbocycles. The van der Waals surface area contributed by atoms with Crippen LogP contribution in [0.1, 0.15) is 17.7 Å². The molecule has 3 aromatic heterocycles. The first-order valence-electron chi connectivity index (χ1n) is 10.7. The number of aryl methyl sites for hydroxylation is 3. The van der Waals surface area contributed by atoms with E-state index in [0.717, 1.165) is 12.8 Å². The van der Waals surface area contributed by atoms with Crippen molar-refractivity contribution in [1.29, 1.82) is 0 Å². The maximum atomic E-state index is 2.47. The summed E-state index contributed by atoms with van der Waals surface area (Å²) in [5.41, 5.74) is 9.53. The normalized spacial score (nSPS) is 14.1. The molecule has 0 radical (unpaired) electrons. The second-order valence-electron chi connectivity index (χ2n) is 8.68. The van der Waals surface area contributed by atoms with E-state index in [1.54, 1.807) is 0 Å². The quantitative estimate of drug-likeness (QED) is 0.284. The molecule has 0 N–H and O–H groups in total. The zero-order chi connectivity index (χ0) is 20.1. The summed E-state index contributed by atoms with van der Waals surface area (Å²) in [4.78, 5) is 0. The van der Waals surface area contributed by atoms with E-state index in [0.29, 0.717) is 0 Å². The second-order valence-corrected chi connectivity index (χ2v) is 8.68. The van der Waals surface area contributed by atoms with Crippen molar-refractivity contribution >= 4 is 60.6 Å². The van der Waals surface area contributed by atoms with Crippen LogP contribution >= 0.6 is 0 Å². The summed E-state index contributed by atoms with van der Waals surface area (Å²) < 4.78 is 7.29. The number of nitrogens with zero attached hydrogens (tertiary/aromatic N) is 3. The lowest BCUT2D eigenvalue weighted by Crippen LogP contribution is -1.99. The fourth-order valence-electron chi connectivity index (χ4n) is 6.04. The predicted molar refractivity (Wildman–Crippen MR) is 128 cm³/mol. The standard InChI is InChI=1S/C27H23N3/c1-28-19-13-7-4-10-16(19)22-25(28)23-17-11-5-8-14-20(17)29(2)27(23)24-18-12-6-9-15-21(18)30(3)26(22)24/h4-8,10-14H,9,15H2,1-3H3. The summed E-state index contributed by atoms with van der Waals surface area (Å²) in [5, 5.41) is 6.85. The van der Waals surface area contributed by atoms with E-state index in [4.69, 9.17) is 0 Å². The van der Waals surface area contributed by atoms with Crippen LogP contribution in [0.25, 0.3) is 60.6 Å². The van der Waals surface area contributed by atoms with Crippen LogP contribution in [0.3, 0.4) is 0 Å². The van der Waals surface area contributed by atoms with Gasteiger partial charge in [0.15, 0.2) is 0 Å². The van der Waals surface area contributed by atoms with Gasteiger partial charge in [-0.2, -0.15) is 0 Å². The number of fused-ring (bicyclic) bond motifs is 12. The highest BCUT2D eigenvalue weighted by molar-refractivity contribution is 6.36. The van der Waals surface area contributed by atoms with Crippen LogP contribution in [0.2, 0.25) is 0 Å². The van der Waals surface area contributed by atoms with E-state index in [2.05, 4.69) is 95.5 Å². The van der Waals surface area contributed by atoms with E-state index >= 15 is 0 Å². The van der Waals surface area contributed by atoms with Crippen LogP contribution in [-0.4, -0.2) is 13.7 Å². The molecule has 3 heteroatoms.